The molecule has 1 aromatic heterocycles. The molecule has 0 N–H and O–H groups in total. The topological polar surface area (TPSA) is 50.6 Å². The molecule has 0 saturated carbocycles. The number of piperazine rings is 1. The molecule has 1 aliphatic heterocycles. The van der Waals surface area contributed by atoms with Crippen LogP contribution in [0, 0.1) is 0 Å². The lowest BCUT2D eigenvalue weighted by molar-refractivity contribution is -0.131. The van der Waals surface area contributed by atoms with Crippen molar-refractivity contribution in [2.24, 2.45) is 0 Å². The Balaban J connectivity index is 1.33. The van der Waals surface area contributed by atoms with Gasteiger partial charge in [0.2, 0.25) is 5.91 Å². The zero-order valence-electron chi connectivity index (χ0n) is 15.5. The zero-order valence-corrected chi connectivity index (χ0v) is 15.5. The van der Waals surface area contributed by atoms with Crippen LogP contribution in [0.2, 0.25) is 0 Å². The summed E-state index contributed by atoms with van der Waals surface area (Å²) in [6.45, 7) is 3.71. The third-order valence-corrected chi connectivity index (χ3v) is 5.15. The molecule has 1 fully saturated rings. The number of nitrogens with zero attached hydrogens (tertiary/aromatic N) is 4. The van der Waals surface area contributed by atoms with Gasteiger partial charge in [-0.25, -0.2) is 0 Å². The molecule has 140 valence electrons. The number of anilines is 1. The van der Waals surface area contributed by atoms with Gasteiger partial charge in [-0.3, -0.25) is 9.48 Å². The average molecular weight is 364 g/mol. The van der Waals surface area contributed by atoms with E-state index in [1.54, 1.807) is 7.11 Å². The van der Waals surface area contributed by atoms with Crippen LogP contribution in [0.4, 0.5) is 5.69 Å². The Kier molecular flexibility index (Phi) is 4.96. The van der Waals surface area contributed by atoms with E-state index in [2.05, 4.69) is 16.1 Å². The van der Waals surface area contributed by atoms with Gasteiger partial charge < -0.3 is 14.5 Å². The van der Waals surface area contributed by atoms with E-state index >= 15 is 0 Å². The molecule has 27 heavy (non-hydrogen) atoms. The fraction of sp³-hybridized carbons (Fsp3) is 0.333. The van der Waals surface area contributed by atoms with Crippen molar-refractivity contribution in [2.75, 3.05) is 38.2 Å². The minimum atomic E-state index is 0.189. The predicted octanol–water partition coefficient (Wildman–Crippen LogP) is 2.78. The number of carbonyl (C=O) groups excluding carboxylic acids is 1. The van der Waals surface area contributed by atoms with Crippen LogP contribution < -0.4 is 9.64 Å². The SMILES string of the molecule is COc1ccccc1N1CCN(C(=O)CCn2ncc3ccccc32)CC1. The molecule has 1 aliphatic rings. The maximum absolute atomic E-state index is 12.6. The third kappa shape index (κ3) is 3.60. The number of benzene rings is 2. The Hall–Kier alpha value is -3.02. The van der Waals surface area contributed by atoms with Crippen molar-refractivity contribution < 1.29 is 9.53 Å². The molecule has 0 atom stereocenters. The number of carbonyl (C=O) groups is 1. The average Bonchev–Trinajstić information content (AvgIpc) is 3.15. The molecular formula is C21H24N4O2. The zero-order chi connectivity index (χ0) is 18.6. The van der Waals surface area contributed by atoms with Crippen LogP contribution in [-0.4, -0.2) is 53.9 Å². The van der Waals surface area contributed by atoms with E-state index in [1.807, 2.05) is 58.2 Å². The Morgan fingerprint density at radius 2 is 1.78 bits per heavy atom. The largest absolute Gasteiger partial charge is 0.495 e. The van der Waals surface area contributed by atoms with Crippen LogP contribution in [0.1, 0.15) is 6.42 Å². The molecule has 0 aliphatic carbocycles. The van der Waals surface area contributed by atoms with Gasteiger partial charge in [0, 0.05) is 38.0 Å². The number of para-hydroxylation sites is 3. The van der Waals surface area contributed by atoms with Gasteiger partial charge in [0.05, 0.1) is 31.1 Å². The second kappa shape index (κ2) is 7.70. The number of hydrogen-bond donors (Lipinski definition) is 0. The van der Waals surface area contributed by atoms with Gasteiger partial charge in [0.15, 0.2) is 0 Å². The van der Waals surface area contributed by atoms with Crippen LogP contribution in [-0.2, 0) is 11.3 Å². The number of aryl methyl sites for hydroxylation is 1. The van der Waals surface area contributed by atoms with E-state index in [1.165, 1.54) is 0 Å². The van der Waals surface area contributed by atoms with E-state index in [9.17, 15) is 4.79 Å². The highest BCUT2D eigenvalue weighted by atomic mass is 16.5. The van der Waals surface area contributed by atoms with Crippen molar-refractivity contribution in [3.63, 3.8) is 0 Å². The fourth-order valence-electron chi connectivity index (χ4n) is 3.65. The first-order valence-corrected chi connectivity index (χ1v) is 9.32. The molecule has 4 rings (SSSR count). The molecular weight excluding hydrogens is 340 g/mol. The lowest BCUT2D eigenvalue weighted by Crippen LogP contribution is -2.49. The van der Waals surface area contributed by atoms with E-state index in [0.29, 0.717) is 13.0 Å². The van der Waals surface area contributed by atoms with Crippen molar-refractivity contribution in [3.8, 4) is 5.75 Å². The normalized spacial score (nSPS) is 14.6. The molecule has 6 nitrogen and oxygen atoms in total. The Morgan fingerprint density at radius 1 is 1.04 bits per heavy atom. The van der Waals surface area contributed by atoms with Gasteiger partial charge >= 0.3 is 0 Å². The number of ether oxygens (including phenoxy) is 1. The van der Waals surface area contributed by atoms with Crippen LogP contribution in [0.25, 0.3) is 10.9 Å². The second-order valence-corrected chi connectivity index (χ2v) is 6.72. The van der Waals surface area contributed by atoms with Crippen molar-refractivity contribution in [2.45, 2.75) is 13.0 Å². The van der Waals surface area contributed by atoms with Gasteiger partial charge in [-0.2, -0.15) is 5.10 Å². The lowest BCUT2D eigenvalue weighted by Gasteiger charge is -2.36. The van der Waals surface area contributed by atoms with Crippen molar-refractivity contribution >= 4 is 22.5 Å². The van der Waals surface area contributed by atoms with E-state index in [0.717, 1.165) is 48.5 Å². The lowest BCUT2D eigenvalue weighted by atomic mass is 10.2. The van der Waals surface area contributed by atoms with Gasteiger partial charge in [-0.1, -0.05) is 30.3 Å². The van der Waals surface area contributed by atoms with Crippen molar-refractivity contribution in [3.05, 3.63) is 54.7 Å². The fourth-order valence-corrected chi connectivity index (χ4v) is 3.65. The highest BCUT2D eigenvalue weighted by Gasteiger charge is 2.22. The molecule has 2 aromatic carbocycles. The van der Waals surface area contributed by atoms with Crippen LogP contribution in [0.5, 0.6) is 5.75 Å². The Bertz CT molecular complexity index is 929. The van der Waals surface area contributed by atoms with Crippen LogP contribution >= 0.6 is 0 Å². The summed E-state index contributed by atoms with van der Waals surface area (Å²) in [6, 6.07) is 16.1. The summed E-state index contributed by atoms with van der Waals surface area (Å²) in [6.07, 6.45) is 2.33. The van der Waals surface area contributed by atoms with Crippen molar-refractivity contribution in [1.29, 1.82) is 0 Å². The first-order chi connectivity index (χ1) is 13.3. The second-order valence-electron chi connectivity index (χ2n) is 6.72. The van der Waals surface area contributed by atoms with E-state index in [4.69, 9.17) is 4.74 Å². The molecule has 0 spiro atoms. The maximum Gasteiger partial charge on any atom is 0.224 e. The molecule has 0 unspecified atom stereocenters. The summed E-state index contributed by atoms with van der Waals surface area (Å²) in [5.41, 5.74) is 2.17. The molecule has 0 radical (unpaired) electrons. The van der Waals surface area contributed by atoms with Gasteiger partial charge in [0.25, 0.3) is 0 Å². The standard InChI is InChI=1S/C21H24N4O2/c1-27-20-9-5-4-8-19(20)23-12-14-24(15-13-23)21(26)10-11-25-18-7-3-2-6-17(18)16-22-25/h2-9,16H,10-15H2,1H3. The van der Waals surface area contributed by atoms with Gasteiger partial charge in [0.1, 0.15) is 5.75 Å². The van der Waals surface area contributed by atoms with E-state index < -0.39 is 0 Å². The van der Waals surface area contributed by atoms with E-state index in [-0.39, 0.29) is 5.91 Å². The molecule has 1 saturated heterocycles. The summed E-state index contributed by atoms with van der Waals surface area (Å²) in [5, 5.41) is 5.51. The first-order valence-electron chi connectivity index (χ1n) is 9.32. The summed E-state index contributed by atoms with van der Waals surface area (Å²) >= 11 is 0. The Labute approximate surface area is 158 Å². The summed E-state index contributed by atoms with van der Waals surface area (Å²) in [4.78, 5) is 16.9. The monoisotopic (exact) mass is 364 g/mol. The molecule has 1 amide bonds. The third-order valence-electron chi connectivity index (χ3n) is 5.15. The Morgan fingerprint density at radius 3 is 2.59 bits per heavy atom. The van der Waals surface area contributed by atoms with Crippen LogP contribution in [0.15, 0.2) is 54.7 Å². The molecule has 3 aromatic rings. The maximum atomic E-state index is 12.6. The van der Waals surface area contributed by atoms with Gasteiger partial charge in [-0.05, 0) is 18.2 Å². The molecule has 2 heterocycles. The number of aromatic nitrogens is 2. The quantitative estimate of drug-likeness (QED) is 0.699. The number of fused-ring (bicyclic) bond motifs is 1. The van der Waals surface area contributed by atoms with Crippen LogP contribution in [0.3, 0.4) is 0 Å². The highest BCUT2D eigenvalue weighted by Crippen LogP contribution is 2.28. The molecule has 0 bridgehead atoms. The number of hydrogen-bond acceptors (Lipinski definition) is 4. The number of rotatable bonds is 5. The highest BCUT2D eigenvalue weighted by molar-refractivity contribution is 5.79. The molecule has 6 heteroatoms. The number of amides is 1. The summed E-state index contributed by atoms with van der Waals surface area (Å²) in [7, 11) is 1.69. The minimum Gasteiger partial charge on any atom is -0.495 e. The summed E-state index contributed by atoms with van der Waals surface area (Å²) < 4.78 is 7.37. The smallest absolute Gasteiger partial charge is 0.224 e. The van der Waals surface area contributed by atoms with Crippen molar-refractivity contribution in [1.82, 2.24) is 14.7 Å². The summed E-state index contributed by atoms with van der Waals surface area (Å²) in [5.74, 6) is 1.07. The predicted molar refractivity (Wildman–Crippen MR) is 106 cm³/mol. The first kappa shape index (κ1) is 17.4. The minimum absolute atomic E-state index is 0.189. The number of methoxy groups -OCH3 is 1. The van der Waals surface area contributed by atoms with Gasteiger partial charge in [-0.15, -0.1) is 0 Å².